The molecule has 1 aliphatic carbocycles. The Morgan fingerprint density at radius 1 is 1.17 bits per heavy atom. The van der Waals surface area contributed by atoms with Gasteiger partial charge in [0.2, 0.25) is 0 Å². The Morgan fingerprint density at radius 2 is 2.00 bits per heavy atom. The van der Waals surface area contributed by atoms with Crippen LogP contribution in [0.3, 0.4) is 0 Å². The van der Waals surface area contributed by atoms with E-state index in [4.69, 9.17) is 0 Å². The molecule has 2 aliphatic rings. The van der Waals surface area contributed by atoms with Crippen molar-refractivity contribution < 1.29 is 4.79 Å². The Morgan fingerprint density at radius 3 is 2.79 bits per heavy atom. The van der Waals surface area contributed by atoms with Gasteiger partial charge in [0.25, 0.3) is 0 Å². The van der Waals surface area contributed by atoms with E-state index in [1.807, 2.05) is 0 Å². The van der Waals surface area contributed by atoms with E-state index in [0.717, 1.165) is 48.9 Å². The molecule has 2 amide bonds. The van der Waals surface area contributed by atoms with Crippen molar-refractivity contribution in [2.24, 2.45) is 0 Å². The van der Waals surface area contributed by atoms with Crippen molar-refractivity contribution in [2.75, 3.05) is 6.54 Å². The number of fused-ring (bicyclic) bond motifs is 1. The van der Waals surface area contributed by atoms with E-state index in [-0.39, 0.29) is 6.03 Å². The van der Waals surface area contributed by atoms with Crippen LogP contribution in [0, 0.1) is 0 Å². The molecule has 0 unspecified atom stereocenters. The first-order chi connectivity index (χ1) is 11.8. The molecule has 0 radical (unpaired) electrons. The summed E-state index contributed by atoms with van der Waals surface area (Å²) in [6, 6.07) is 8.43. The minimum Gasteiger partial charge on any atom is -0.338 e. The summed E-state index contributed by atoms with van der Waals surface area (Å²) in [5.41, 5.74) is 2.55. The number of hydrogen-bond acceptors (Lipinski definition) is 3. The molecule has 2 aromatic rings. The highest BCUT2D eigenvalue weighted by Gasteiger charge is 2.22. The molecule has 0 saturated heterocycles. The summed E-state index contributed by atoms with van der Waals surface area (Å²) in [7, 11) is 0. The molecular weight excluding hydrogens is 302 g/mol. The van der Waals surface area contributed by atoms with E-state index < -0.39 is 0 Å². The van der Waals surface area contributed by atoms with E-state index in [1.165, 1.54) is 18.4 Å². The van der Waals surface area contributed by atoms with Gasteiger partial charge in [0.05, 0.1) is 0 Å². The SMILES string of the molecule is O=C(NCCc1nnc2n1CCC2)NCc1ccc(C2CC2)cc1. The third-order valence-electron chi connectivity index (χ3n) is 4.80. The van der Waals surface area contributed by atoms with Gasteiger partial charge in [0, 0.05) is 32.5 Å². The second-order valence-corrected chi connectivity index (χ2v) is 6.66. The molecule has 0 bridgehead atoms. The Labute approximate surface area is 141 Å². The van der Waals surface area contributed by atoms with Gasteiger partial charge in [-0.25, -0.2) is 4.79 Å². The first-order valence-corrected chi connectivity index (χ1v) is 8.81. The second-order valence-electron chi connectivity index (χ2n) is 6.66. The number of hydrogen-bond donors (Lipinski definition) is 2. The maximum absolute atomic E-state index is 11.9. The van der Waals surface area contributed by atoms with Crippen LogP contribution in [0.5, 0.6) is 0 Å². The van der Waals surface area contributed by atoms with E-state index in [0.29, 0.717) is 13.1 Å². The summed E-state index contributed by atoms with van der Waals surface area (Å²) in [6.45, 7) is 2.13. The van der Waals surface area contributed by atoms with Crippen LogP contribution >= 0.6 is 0 Å². The number of benzene rings is 1. The standard InChI is InChI=1S/C18H23N5O/c24-18(19-10-9-17-22-21-16-2-1-11-23(16)17)20-12-13-3-5-14(6-4-13)15-7-8-15/h3-6,15H,1-2,7-12H2,(H2,19,20,24). The predicted molar refractivity (Wildman–Crippen MR) is 90.7 cm³/mol. The molecule has 2 heterocycles. The Kier molecular flexibility index (Phi) is 4.19. The Bertz CT molecular complexity index is 718. The van der Waals surface area contributed by atoms with Crippen molar-refractivity contribution in [1.82, 2.24) is 25.4 Å². The number of aryl methyl sites for hydroxylation is 1. The van der Waals surface area contributed by atoms with Crippen LogP contribution in [-0.2, 0) is 25.9 Å². The van der Waals surface area contributed by atoms with Gasteiger partial charge in [-0.3, -0.25) is 0 Å². The lowest BCUT2D eigenvalue weighted by Crippen LogP contribution is -2.36. The molecule has 6 nitrogen and oxygen atoms in total. The molecule has 1 aromatic carbocycles. The average Bonchev–Trinajstić information content (AvgIpc) is 3.22. The zero-order valence-corrected chi connectivity index (χ0v) is 13.8. The van der Waals surface area contributed by atoms with Crippen molar-refractivity contribution in [3.63, 3.8) is 0 Å². The minimum atomic E-state index is -0.137. The fourth-order valence-electron chi connectivity index (χ4n) is 3.25. The van der Waals surface area contributed by atoms with Crippen LogP contribution < -0.4 is 10.6 Å². The van der Waals surface area contributed by atoms with E-state index in [1.54, 1.807) is 0 Å². The summed E-state index contributed by atoms with van der Waals surface area (Å²) in [5.74, 6) is 2.82. The summed E-state index contributed by atoms with van der Waals surface area (Å²) in [6.07, 6.45) is 5.51. The van der Waals surface area contributed by atoms with Crippen LogP contribution in [0.25, 0.3) is 0 Å². The molecule has 1 fully saturated rings. The second kappa shape index (κ2) is 6.63. The van der Waals surface area contributed by atoms with Crippen LogP contribution in [0.1, 0.15) is 48.0 Å². The van der Waals surface area contributed by atoms with Crippen molar-refractivity contribution in [1.29, 1.82) is 0 Å². The molecule has 1 aromatic heterocycles. The molecule has 0 spiro atoms. The third kappa shape index (κ3) is 3.42. The fraction of sp³-hybridized carbons (Fsp3) is 0.500. The monoisotopic (exact) mass is 325 g/mol. The van der Waals surface area contributed by atoms with E-state index >= 15 is 0 Å². The summed E-state index contributed by atoms with van der Waals surface area (Å²) in [4.78, 5) is 11.9. The first kappa shape index (κ1) is 15.2. The number of aromatic nitrogens is 3. The highest BCUT2D eigenvalue weighted by Crippen LogP contribution is 2.39. The summed E-state index contributed by atoms with van der Waals surface area (Å²) in [5, 5.41) is 14.2. The Hall–Kier alpha value is -2.37. The van der Waals surface area contributed by atoms with Gasteiger partial charge >= 0.3 is 6.03 Å². The van der Waals surface area contributed by atoms with Crippen molar-refractivity contribution >= 4 is 6.03 Å². The normalized spacial score (nSPS) is 16.0. The van der Waals surface area contributed by atoms with Gasteiger partial charge in [-0.15, -0.1) is 10.2 Å². The maximum Gasteiger partial charge on any atom is 0.315 e. The third-order valence-corrected chi connectivity index (χ3v) is 4.80. The number of nitrogens with zero attached hydrogens (tertiary/aromatic N) is 3. The van der Waals surface area contributed by atoms with Crippen molar-refractivity contribution in [3.8, 4) is 0 Å². The number of urea groups is 1. The number of nitrogens with one attached hydrogen (secondary N) is 2. The molecule has 1 aliphatic heterocycles. The van der Waals surface area contributed by atoms with Crippen LogP contribution in [-0.4, -0.2) is 27.3 Å². The van der Waals surface area contributed by atoms with Crippen LogP contribution in [0.15, 0.2) is 24.3 Å². The molecular formula is C18H23N5O. The summed E-state index contributed by atoms with van der Waals surface area (Å²) >= 11 is 0. The fourth-order valence-corrected chi connectivity index (χ4v) is 3.25. The molecule has 1 saturated carbocycles. The molecule has 24 heavy (non-hydrogen) atoms. The van der Waals surface area contributed by atoms with Gasteiger partial charge in [-0.1, -0.05) is 24.3 Å². The number of rotatable bonds is 6. The highest BCUT2D eigenvalue weighted by atomic mass is 16.2. The number of carbonyl (C=O) groups is 1. The molecule has 6 heteroatoms. The smallest absolute Gasteiger partial charge is 0.315 e. The largest absolute Gasteiger partial charge is 0.338 e. The van der Waals surface area contributed by atoms with Gasteiger partial charge in [0.15, 0.2) is 0 Å². The molecule has 0 atom stereocenters. The predicted octanol–water partition coefficient (Wildman–Crippen LogP) is 2.14. The average molecular weight is 325 g/mol. The molecule has 2 N–H and O–H groups in total. The van der Waals surface area contributed by atoms with Crippen LogP contribution in [0.2, 0.25) is 0 Å². The first-order valence-electron chi connectivity index (χ1n) is 8.81. The zero-order valence-electron chi connectivity index (χ0n) is 13.8. The van der Waals surface area contributed by atoms with Crippen molar-refractivity contribution in [2.45, 2.75) is 51.1 Å². The zero-order chi connectivity index (χ0) is 16.4. The maximum atomic E-state index is 11.9. The summed E-state index contributed by atoms with van der Waals surface area (Å²) < 4.78 is 2.17. The minimum absolute atomic E-state index is 0.137. The quantitative estimate of drug-likeness (QED) is 0.855. The van der Waals surface area contributed by atoms with E-state index in [9.17, 15) is 4.79 Å². The van der Waals surface area contributed by atoms with Gasteiger partial charge in [0.1, 0.15) is 11.6 Å². The Balaban J connectivity index is 1.19. The van der Waals surface area contributed by atoms with Crippen molar-refractivity contribution in [3.05, 3.63) is 47.0 Å². The lowest BCUT2D eigenvalue weighted by molar-refractivity contribution is 0.240. The molecule has 4 rings (SSSR count). The lowest BCUT2D eigenvalue weighted by atomic mass is 10.1. The van der Waals surface area contributed by atoms with E-state index in [2.05, 4.69) is 49.7 Å². The van der Waals surface area contributed by atoms with Crippen LogP contribution in [0.4, 0.5) is 4.79 Å². The van der Waals surface area contributed by atoms with Gasteiger partial charge < -0.3 is 15.2 Å². The lowest BCUT2D eigenvalue weighted by Gasteiger charge is -2.08. The highest BCUT2D eigenvalue weighted by molar-refractivity contribution is 5.73. The number of carbonyl (C=O) groups excluding carboxylic acids is 1. The van der Waals surface area contributed by atoms with Gasteiger partial charge in [-0.05, 0) is 36.3 Å². The van der Waals surface area contributed by atoms with Gasteiger partial charge in [-0.2, -0.15) is 0 Å². The number of amides is 2. The molecule has 126 valence electrons. The topological polar surface area (TPSA) is 71.8 Å².